The van der Waals surface area contributed by atoms with Gasteiger partial charge >= 0.3 is 0 Å². The summed E-state index contributed by atoms with van der Waals surface area (Å²) in [5.74, 6) is -0.0669. The van der Waals surface area contributed by atoms with Crippen LogP contribution in [0.4, 0.5) is 5.69 Å². The molecular weight excluding hydrogens is 326 g/mol. The number of nitrogens with zero attached hydrogens (tertiary/aromatic N) is 3. The molecule has 128 valence electrons. The molecule has 1 aromatic heterocycles. The van der Waals surface area contributed by atoms with E-state index in [4.69, 9.17) is 0 Å². The molecule has 0 aliphatic carbocycles. The summed E-state index contributed by atoms with van der Waals surface area (Å²) in [4.78, 5) is 14.0. The van der Waals surface area contributed by atoms with E-state index in [9.17, 15) is 13.2 Å². The number of sulfone groups is 1. The molecule has 0 unspecified atom stereocenters. The molecule has 0 amide bonds. The van der Waals surface area contributed by atoms with Crippen LogP contribution in [0.2, 0.25) is 0 Å². The van der Waals surface area contributed by atoms with E-state index < -0.39 is 9.84 Å². The molecule has 2 heterocycles. The number of hydrogen-bond donors (Lipinski definition) is 0. The molecule has 1 aromatic carbocycles. The third-order valence-electron chi connectivity index (χ3n) is 4.47. The molecule has 7 heteroatoms. The van der Waals surface area contributed by atoms with Gasteiger partial charge in [-0.2, -0.15) is 5.10 Å². The monoisotopic (exact) mass is 347 g/mol. The van der Waals surface area contributed by atoms with Crippen LogP contribution in [0.15, 0.2) is 41.6 Å². The Morgan fingerprint density at radius 3 is 2.50 bits per heavy atom. The number of aromatic nitrogens is 2. The Kier molecular flexibility index (Phi) is 4.45. The summed E-state index contributed by atoms with van der Waals surface area (Å²) in [6.07, 6.45) is 6.70. The minimum Gasteiger partial charge on any atom is -0.370 e. The maximum absolute atomic E-state index is 12.1. The fourth-order valence-electron chi connectivity index (χ4n) is 3.16. The van der Waals surface area contributed by atoms with Crippen molar-refractivity contribution in [1.82, 2.24) is 9.78 Å². The number of carbonyl (C=O) groups is 1. The van der Waals surface area contributed by atoms with E-state index in [1.54, 1.807) is 24.4 Å². The van der Waals surface area contributed by atoms with Crippen molar-refractivity contribution in [2.45, 2.75) is 30.7 Å². The average Bonchev–Trinajstić information content (AvgIpc) is 3.08. The smallest absolute Gasteiger partial charge is 0.177 e. The Morgan fingerprint density at radius 1 is 1.25 bits per heavy atom. The average molecular weight is 347 g/mol. The molecular formula is C17H21N3O3S. The lowest BCUT2D eigenvalue weighted by molar-refractivity contribution is 0.101. The van der Waals surface area contributed by atoms with Crippen LogP contribution < -0.4 is 4.90 Å². The SMILES string of the molecule is CC(=O)c1ccc(S(C)(=O)=O)c(N2CCC(n3cccn3)CC2)c1. The second-order valence-electron chi connectivity index (χ2n) is 6.22. The highest BCUT2D eigenvalue weighted by Gasteiger charge is 2.25. The normalized spacial score (nSPS) is 16.3. The fraction of sp³-hybridized carbons (Fsp3) is 0.412. The molecule has 0 saturated carbocycles. The number of carbonyl (C=O) groups excluding carboxylic acids is 1. The van der Waals surface area contributed by atoms with Crippen molar-refractivity contribution in [2.24, 2.45) is 0 Å². The Balaban J connectivity index is 1.88. The first kappa shape index (κ1) is 16.7. The van der Waals surface area contributed by atoms with Crippen molar-refractivity contribution >= 4 is 21.3 Å². The van der Waals surface area contributed by atoms with Crippen LogP contribution in [0.25, 0.3) is 0 Å². The second-order valence-corrected chi connectivity index (χ2v) is 8.20. The van der Waals surface area contributed by atoms with Gasteiger partial charge in [0, 0.05) is 37.3 Å². The summed E-state index contributed by atoms with van der Waals surface area (Å²) in [7, 11) is -3.35. The van der Waals surface area contributed by atoms with Crippen LogP contribution in [0, 0.1) is 0 Å². The number of benzene rings is 1. The van der Waals surface area contributed by atoms with Gasteiger partial charge in [-0.25, -0.2) is 8.42 Å². The molecule has 1 aliphatic heterocycles. The Labute approximate surface area is 142 Å². The highest BCUT2D eigenvalue weighted by atomic mass is 32.2. The second kappa shape index (κ2) is 6.39. The van der Waals surface area contributed by atoms with E-state index in [0.717, 1.165) is 25.9 Å². The summed E-state index contributed by atoms with van der Waals surface area (Å²) in [6, 6.07) is 7.06. The Bertz CT molecular complexity index is 836. The first-order valence-corrected chi connectivity index (χ1v) is 9.84. The third-order valence-corrected chi connectivity index (χ3v) is 5.61. The van der Waals surface area contributed by atoms with Gasteiger partial charge in [-0.05, 0) is 44.0 Å². The maximum Gasteiger partial charge on any atom is 0.177 e. The van der Waals surface area contributed by atoms with Crippen molar-refractivity contribution < 1.29 is 13.2 Å². The van der Waals surface area contributed by atoms with E-state index in [2.05, 4.69) is 10.00 Å². The number of rotatable bonds is 4. The van der Waals surface area contributed by atoms with Crippen LogP contribution in [0.1, 0.15) is 36.2 Å². The first-order chi connectivity index (χ1) is 11.4. The van der Waals surface area contributed by atoms with Crippen LogP contribution >= 0.6 is 0 Å². The van der Waals surface area contributed by atoms with Crippen molar-refractivity contribution in [1.29, 1.82) is 0 Å². The van der Waals surface area contributed by atoms with E-state index in [1.807, 2.05) is 16.9 Å². The standard InChI is InChI=1S/C17H21N3O3S/c1-13(21)14-4-5-17(24(2,22)23)16(12-14)19-10-6-15(7-11-19)20-9-3-8-18-20/h3-5,8-9,12,15H,6-7,10-11H2,1-2H3. The molecule has 1 fully saturated rings. The van der Waals surface area contributed by atoms with Gasteiger partial charge in [-0.15, -0.1) is 0 Å². The highest BCUT2D eigenvalue weighted by Crippen LogP contribution is 2.31. The number of anilines is 1. The van der Waals surface area contributed by atoms with Gasteiger partial charge in [-0.3, -0.25) is 9.48 Å². The quantitative estimate of drug-likeness (QED) is 0.794. The molecule has 1 saturated heterocycles. The van der Waals surface area contributed by atoms with Gasteiger partial charge in [0.2, 0.25) is 0 Å². The number of piperidine rings is 1. The molecule has 6 nitrogen and oxygen atoms in total. The van der Waals surface area contributed by atoms with Gasteiger partial charge in [0.15, 0.2) is 15.6 Å². The van der Waals surface area contributed by atoms with Crippen molar-refractivity contribution in [3.8, 4) is 0 Å². The van der Waals surface area contributed by atoms with Crippen LogP contribution in [-0.2, 0) is 9.84 Å². The summed E-state index contributed by atoms with van der Waals surface area (Å²) in [6.45, 7) is 2.95. The predicted octanol–water partition coefficient (Wildman–Crippen LogP) is 2.33. The van der Waals surface area contributed by atoms with E-state index in [0.29, 0.717) is 17.3 Å². The summed E-state index contributed by atoms with van der Waals surface area (Å²) in [5, 5.41) is 4.29. The summed E-state index contributed by atoms with van der Waals surface area (Å²) < 4.78 is 26.2. The Morgan fingerprint density at radius 2 is 1.96 bits per heavy atom. The van der Waals surface area contributed by atoms with E-state index in [1.165, 1.54) is 13.2 Å². The molecule has 0 bridgehead atoms. The number of Topliss-reactive ketones (excluding diaryl/α,β-unsaturated/α-hetero) is 1. The third kappa shape index (κ3) is 3.36. The minimum atomic E-state index is -3.35. The fourth-order valence-corrected chi connectivity index (χ4v) is 4.05. The summed E-state index contributed by atoms with van der Waals surface area (Å²) in [5.41, 5.74) is 1.16. The molecule has 2 aromatic rings. The molecule has 24 heavy (non-hydrogen) atoms. The zero-order valence-corrected chi connectivity index (χ0v) is 14.7. The molecule has 0 radical (unpaired) electrons. The van der Waals surface area contributed by atoms with Crippen LogP contribution in [0.3, 0.4) is 0 Å². The lowest BCUT2D eigenvalue weighted by atomic mass is 10.0. The maximum atomic E-state index is 12.1. The van der Waals surface area contributed by atoms with Crippen molar-refractivity contribution in [3.05, 3.63) is 42.2 Å². The van der Waals surface area contributed by atoms with Crippen LogP contribution in [-0.4, -0.2) is 43.3 Å². The van der Waals surface area contributed by atoms with Crippen LogP contribution in [0.5, 0.6) is 0 Å². The lowest BCUT2D eigenvalue weighted by Crippen LogP contribution is -2.35. The largest absolute Gasteiger partial charge is 0.370 e. The van der Waals surface area contributed by atoms with Gasteiger partial charge < -0.3 is 4.90 Å². The van der Waals surface area contributed by atoms with E-state index >= 15 is 0 Å². The first-order valence-electron chi connectivity index (χ1n) is 7.95. The molecule has 3 rings (SSSR count). The molecule has 0 atom stereocenters. The van der Waals surface area contributed by atoms with Gasteiger partial charge in [0.05, 0.1) is 16.6 Å². The number of ketones is 1. The van der Waals surface area contributed by atoms with Gasteiger partial charge in [0.1, 0.15) is 0 Å². The minimum absolute atomic E-state index is 0.0669. The zero-order valence-electron chi connectivity index (χ0n) is 13.8. The van der Waals surface area contributed by atoms with Crippen molar-refractivity contribution in [2.75, 3.05) is 24.2 Å². The lowest BCUT2D eigenvalue weighted by Gasteiger charge is -2.34. The molecule has 0 N–H and O–H groups in total. The predicted molar refractivity (Wildman–Crippen MR) is 92.3 cm³/mol. The van der Waals surface area contributed by atoms with Crippen molar-refractivity contribution in [3.63, 3.8) is 0 Å². The molecule has 0 spiro atoms. The molecule has 1 aliphatic rings. The Hall–Kier alpha value is -2.15. The summed E-state index contributed by atoms with van der Waals surface area (Å²) >= 11 is 0. The zero-order chi connectivity index (χ0) is 17.3. The van der Waals surface area contributed by atoms with Gasteiger partial charge in [0.25, 0.3) is 0 Å². The number of hydrogen-bond acceptors (Lipinski definition) is 5. The highest BCUT2D eigenvalue weighted by molar-refractivity contribution is 7.90. The topological polar surface area (TPSA) is 72.3 Å². The van der Waals surface area contributed by atoms with Gasteiger partial charge in [-0.1, -0.05) is 0 Å². The van der Waals surface area contributed by atoms with E-state index in [-0.39, 0.29) is 10.7 Å².